The topological polar surface area (TPSA) is 53.3 Å². The monoisotopic (exact) mass is 364 g/mol. The normalized spacial score (nSPS) is 10.7. The number of methoxy groups -OCH3 is 1. The molecule has 0 amide bonds. The Morgan fingerprint density at radius 2 is 1.81 bits per heavy atom. The molecule has 0 bridgehead atoms. The SMILES string of the molecule is CCCCOC(=O)c1ccccc1-c1cc(-c2ccccc2)nn1COC. The summed E-state index contributed by atoms with van der Waals surface area (Å²) in [7, 11) is 1.62. The van der Waals surface area contributed by atoms with Gasteiger partial charge in [0.25, 0.3) is 0 Å². The van der Waals surface area contributed by atoms with E-state index in [1.165, 1.54) is 0 Å². The van der Waals surface area contributed by atoms with Gasteiger partial charge < -0.3 is 9.47 Å². The summed E-state index contributed by atoms with van der Waals surface area (Å²) >= 11 is 0. The molecule has 5 nitrogen and oxygen atoms in total. The summed E-state index contributed by atoms with van der Waals surface area (Å²) in [6.07, 6.45) is 1.84. The molecule has 0 fully saturated rings. The van der Waals surface area contributed by atoms with Crippen LogP contribution >= 0.6 is 0 Å². The lowest BCUT2D eigenvalue weighted by molar-refractivity contribution is 0.0500. The van der Waals surface area contributed by atoms with E-state index in [0.29, 0.717) is 18.9 Å². The molecule has 0 aliphatic carbocycles. The fraction of sp³-hybridized carbons (Fsp3) is 0.273. The Hall–Kier alpha value is -2.92. The largest absolute Gasteiger partial charge is 0.462 e. The summed E-state index contributed by atoms with van der Waals surface area (Å²) < 4.78 is 12.5. The van der Waals surface area contributed by atoms with Crippen molar-refractivity contribution in [2.45, 2.75) is 26.5 Å². The summed E-state index contributed by atoms with van der Waals surface area (Å²) in [5, 5.41) is 4.66. The number of carbonyl (C=O) groups excluding carboxylic acids is 1. The van der Waals surface area contributed by atoms with E-state index in [1.807, 2.05) is 54.6 Å². The fourth-order valence-electron chi connectivity index (χ4n) is 2.88. The van der Waals surface area contributed by atoms with E-state index < -0.39 is 0 Å². The quantitative estimate of drug-likeness (QED) is 0.426. The number of benzene rings is 2. The molecule has 0 atom stereocenters. The van der Waals surface area contributed by atoms with E-state index in [1.54, 1.807) is 17.9 Å². The van der Waals surface area contributed by atoms with Gasteiger partial charge in [0.1, 0.15) is 6.73 Å². The first-order valence-corrected chi connectivity index (χ1v) is 9.13. The number of hydrogen-bond donors (Lipinski definition) is 0. The maximum Gasteiger partial charge on any atom is 0.338 e. The molecule has 0 N–H and O–H groups in total. The maximum atomic E-state index is 12.6. The molecular weight excluding hydrogens is 340 g/mol. The lowest BCUT2D eigenvalue weighted by Gasteiger charge is -2.11. The third-order valence-electron chi connectivity index (χ3n) is 4.25. The zero-order valence-corrected chi connectivity index (χ0v) is 15.7. The molecule has 0 aliphatic rings. The van der Waals surface area contributed by atoms with Crippen LogP contribution in [0.15, 0.2) is 60.7 Å². The van der Waals surface area contributed by atoms with Crippen LogP contribution in [0.3, 0.4) is 0 Å². The van der Waals surface area contributed by atoms with E-state index in [2.05, 4.69) is 12.0 Å². The van der Waals surface area contributed by atoms with Crippen LogP contribution in [0.1, 0.15) is 30.1 Å². The van der Waals surface area contributed by atoms with E-state index >= 15 is 0 Å². The summed E-state index contributed by atoms with van der Waals surface area (Å²) in [6, 6.07) is 19.4. The van der Waals surface area contributed by atoms with Crippen LogP contribution in [0.25, 0.3) is 22.5 Å². The number of rotatable bonds is 8. The van der Waals surface area contributed by atoms with E-state index in [9.17, 15) is 4.79 Å². The van der Waals surface area contributed by atoms with Crippen LogP contribution in [0.4, 0.5) is 0 Å². The summed E-state index contributed by atoms with van der Waals surface area (Å²) in [4.78, 5) is 12.6. The highest BCUT2D eigenvalue weighted by Gasteiger charge is 2.18. The number of ether oxygens (including phenoxy) is 2. The summed E-state index contributed by atoms with van der Waals surface area (Å²) in [5.74, 6) is -0.314. The van der Waals surface area contributed by atoms with Gasteiger partial charge in [0, 0.05) is 18.2 Å². The number of nitrogens with zero attached hydrogens (tertiary/aromatic N) is 2. The van der Waals surface area contributed by atoms with Crippen molar-refractivity contribution in [1.29, 1.82) is 0 Å². The van der Waals surface area contributed by atoms with Crippen LogP contribution < -0.4 is 0 Å². The smallest absolute Gasteiger partial charge is 0.338 e. The predicted molar refractivity (Wildman–Crippen MR) is 105 cm³/mol. The second-order valence-electron chi connectivity index (χ2n) is 6.23. The zero-order chi connectivity index (χ0) is 19.1. The molecule has 3 aromatic rings. The summed E-state index contributed by atoms with van der Waals surface area (Å²) in [6.45, 7) is 2.79. The molecule has 1 aromatic heterocycles. The number of unbranched alkanes of at least 4 members (excludes halogenated alkanes) is 1. The average molecular weight is 364 g/mol. The van der Waals surface area contributed by atoms with Crippen molar-refractivity contribution in [3.8, 4) is 22.5 Å². The van der Waals surface area contributed by atoms with Gasteiger partial charge in [0.2, 0.25) is 0 Å². The second kappa shape index (κ2) is 9.14. The zero-order valence-electron chi connectivity index (χ0n) is 15.7. The standard InChI is InChI=1S/C22H24N2O3/c1-3-4-14-27-22(25)19-13-9-8-12-18(19)21-15-20(23-24(21)16-26-2)17-10-6-5-7-11-17/h5-13,15H,3-4,14,16H2,1-2H3. The van der Waals surface area contributed by atoms with Gasteiger partial charge >= 0.3 is 5.97 Å². The molecule has 3 rings (SSSR count). The molecule has 0 unspecified atom stereocenters. The minimum Gasteiger partial charge on any atom is -0.462 e. The van der Waals surface area contributed by atoms with Gasteiger partial charge in [0.15, 0.2) is 0 Å². The minimum atomic E-state index is -0.314. The molecule has 140 valence electrons. The first kappa shape index (κ1) is 18.9. The van der Waals surface area contributed by atoms with Crippen LogP contribution in [-0.4, -0.2) is 29.5 Å². The highest BCUT2D eigenvalue weighted by atomic mass is 16.5. The van der Waals surface area contributed by atoms with Gasteiger partial charge in [0.05, 0.1) is 23.6 Å². The van der Waals surface area contributed by atoms with Crippen LogP contribution in [-0.2, 0) is 16.2 Å². The Kier molecular flexibility index (Phi) is 6.39. The molecular formula is C22H24N2O3. The molecule has 27 heavy (non-hydrogen) atoms. The third-order valence-corrected chi connectivity index (χ3v) is 4.25. The lowest BCUT2D eigenvalue weighted by Crippen LogP contribution is -2.10. The Bertz CT molecular complexity index is 888. The molecule has 0 aliphatic heterocycles. The van der Waals surface area contributed by atoms with Gasteiger partial charge in [-0.25, -0.2) is 9.48 Å². The van der Waals surface area contributed by atoms with Crippen molar-refractivity contribution in [3.63, 3.8) is 0 Å². The van der Waals surface area contributed by atoms with Gasteiger partial charge in [-0.3, -0.25) is 0 Å². The lowest BCUT2D eigenvalue weighted by atomic mass is 10.0. The van der Waals surface area contributed by atoms with E-state index in [4.69, 9.17) is 9.47 Å². The second-order valence-corrected chi connectivity index (χ2v) is 6.23. The van der Waals surface area contributed by atoms with Gasteiger partial charge in [-0.15, -0.1) is 0 Å². The third kappa shape index (κ3) is 4.44. The van der Waals surface area contributed by atoms with E-state index in [-0.39, 0.29) is 5.97 Å². The predicted octanol–water partition coefficient (Wildman–Crippen LogP) is 4.78. The van der Waals surface area contributed by atoms with Crippen molar-refractivity contribution < 1.29 is 14.3 Å². The first-order valence-electron chi connectivity index (χ1n) is 9.13. The Morgan fingerprint density at radius 1 is 1.07 bits per heavy atom. The highest BCUT2D eigenvalue weighted by Crippen LogP contribution is 2.29. The van der Waals surface area contributed by atoms with Gasteiger partial charge in [-0.2, -0.15) is 5.10 Å². The number of carbonyl (C=O) groups is 1. The van der Waals surface area contributed by atoms with Crippen molar-refractivity contribution in [2.24, 2.45) is 0 Å². The van der Waals surface area contributed by atoms with Gasteiger partial charge in [-0.1, -0.05) is 61.9 Å². The van der Waals surface area contributed by atoms with Gasteiger partial charge in [-0.05, 0) is 18.6 Å². The molecule has 0 spiro atoms. The molecule has 0 radical (unpaired) electrons. The first-order chi connectivity index (χ1) is 13.2. The van der Waals surface area contributed by atoms with Crippen molar-refractivity contribution in [3.05, 3.63) is 66.2 Å². The molecule has 2 aromatic carbocycles. The van der Waals surface area contributed by atoms with Crippen LogP contribution in [0, 0.1) is 0 Å². The Labute approximate surface area is 159 Å². The molecule has 0 saturated heterocycles. The average Bonchev–Trinajstić information content (AvgIpc) is 3.13. The van der Waals surface area contributed by atoms with Crippen molar-refractivity contribution in [2.75, 3.05) is 13.7 Å². The van der Waals surface area contributed by atoms with Crippen LogP contribution in [0.5, 0.6) is 0 Å². The number of hydrogen-bond acceptors (Lipinski definition) is 4. The van der Waals surface area contributed by atoms with Crippen LogP contribution in [0.2, 0.25) is 0 Å². The highest BCUT2D eigenvalue weighted by molar-refractivity contribution is 5.97. The fourth-order valence-corrected chi connectivity index (χ4v) is 2.88. The minimum absolute atomic E-state index is 0.293. The van der Waals surface area contributed by atoms with E-state index in [0.717, 1.165) is 35.4 Å². The Morgan fingerprint density at radius 3 is 2.56 bits per heavy atom. The molecule has 5 heteroatoms. The summed E-state index contributed by atoms with van der Waals surface area (Å²) in [5.41, 5.74) is 3.98. The Balaban J connectivity index is 2.00. The number of esters is 1. The van der Waals surface area contributed by atoms with Crippen molar-refractivity contribution >= 4 is 5.97 Å². The van der Waals surface area contributed by atoms with Crippen molar-refractivity contribution in [1.82, 2.24) is 9.78 Å². The maximum absolute atomic E-state index is 12.6. The molecule has 0 saturated carbocycles. The number of aromatic nitrogens is 2. The molecule has 1 heterocycles.